The van der Waals surface area contributed by atoms with Gasteiger partial charge in [-0.15, -0.1) is 12.4 Å². The third kappa shape index (κ3) is 4.58. The van der Waals surface area contributed by atoms with Crippen molar-refractivity contribution in [1.82, 2.24) is 0 Å². The first kappa shape index (κ1) is 17.2. The first-order chi connectivity index (χ1) is 9.49. The largest absolute Gasteiger partial charge is 0.478 e. The summed E-state index contributed by atoms with van der Waals surface area (Å²) in [6.07, 6.45) is 5.98. The maximum atomic E-state index is 12.1. The van der Waals surface area contributed by atoms with E-state index in [2.05, 4.69) is 5.32 Å². The monoisotopic (exact) mass is 310 g/mol. The summed E-state index contributed by atoms with van der Waals surface area (Å²) in [7, 11) is 0. The Labute approximate surface area is 129 Å². The highest BCUT2D eigenvalue weighted by Crippen LogP contribution is 2.28. The zero-order chi connectivity index (χ0) is 14.6. The molecule has 5 nitrogen and oxygen atoms in total. The summed E-state index contributed by atoms with van der Waals surface area (Å²) < 4.78 is 0. The Morgan fingerprint density at radius 2 is 1.76 bits per heavy atom. The number of nitrogens with one attached hydrogen (secondary N) is 1. The van der Waals surface area contributed by atoms with E-state index in [-0.39, 0.29) is 18.3 Å². The van der Waals surface area contributed by atoms with Gasteiger partial charge in [0.1, 0.15) is 0 Å². The minimum Gasteiger partial charge on any atom is -0.478 e. The van der Waals surface area contributed by atoms with E-state index in [9.17, 15) is 9.59 Å². The minimum atomic E-state index is -0.992. The van der Waals surface area contributed by atoms with E-state index < -0.39 is 11.5 Å². The predicted molar refractivity (Wildman–Crippen MR) is 84.4 cm³/mol. The molecule has 0 spiro atoms. The molecule has 1 amide bonds. The van der Waals surface area contributed by atoms with E-state index in [1.165, 1.54) is 6.08 Å². The predicted octanol–water partition coefficient (Wildman–Crippen LogP) is 2.42. The number of benzene rings is 1. The van der Waals surface area contributed by atoms with Gasteiger partial charge in [-0.2, -0.15) is 0 Å². The molecule has 0 bridgehead atoms. The van der Waals surface area contributed by atoms with Gasteiger partial charge in [-0.3, -0.25) is 4.79 Å². The number of aliphatic carboxylic acids is 1. The van der Waals surface area contributed by atoms with Crippen LogP contribution in [0.25, 0.3) is 6.08 Å². The van der Waals surface area contributed by atoms with Crippen LogP contribution in [0.2, 0.25) is 0 Å². The van der Waals surface area contributed by atoms with Crippen LogP contribution in [0.4, 0.5) is 5.69 Å². The third-order valence-electron chi connectivity index (χ3n) is 3.53. The van der Waals surface area contributed by atoms with Crippen molar-refractivity contribution in [1.29, 1.82) is 0 Å². The second-order valence-corrected chi connectivity index (χ2v) is 5.11. The van der Waals surface area contributed by atoms with Crippen LogP contribution >= 0.6 is 12.4 Å². The lowest BCUT2D eigenvalue weighted by atomic mass is 9.98. The molecule has 1 aromatic carbocycles. The third-order valence-corrected chi connectivity index (χ3v) is 3.53. The van der Waals surface area contributed by atoms with Gasteiger partial charge < -0.3 is 16.2 Å². The fourth-order valence-electron chi connectivity index (χ4n) is 2.33. The van der Waals surface area contributed by atoms with E-state index in [0.717, 1.165) is 37.3 Å². The molecule has 0 saturated heterocycles. The van der Waals surface area contributed by atoms with Gasteiger partial charge in [-0.1, -0.05) is 25.0 Å². The highest BCUT2D eigenvalue weighted by molar-refractivity contribution is 5.98. The molecule has 0 heterocycles. The molecule has 1 aromatic rings. The zero-order valence-electron chi connectivity index (χ0n) is 11.5. The Morgan fingerprint density at radius 1 is 1.19 bits per heavy atom. The van der Waals surface area contributed by atoms with Gasteiger partial charge in [0.15, 0.2) is 0 Å². The summed E-state index contributed by atoms with van der Waals surface area (Å²) in [5.41, 5.74) is 6.75. The first-order valence-electron chi connectivity index (χ1n) is 6.61. The number of carbonyl (C=O) groups is 2. The zero-order valence-corrected chi connectivity index (χ0v) is 12.4. The van der Waals surface area contributed by atoms with Crippen molar-refractivity contribution in [3.05, 3.63) is 35.9 Å². The number of hydrogen-bond acceptors (Lipinski definition) is 3. The SMILES string of the molecule is Cl.NC1(C(=O)Nc2ccc(C=CC(=O)O)cc2)CCCC1. The number of halogens is 1. The van der Waals surface area contributed by atoms with Crippen LogP contribution in [0, 0.1) is 0 Å². The molecular weight excluding hydrogens is 292 g/mol. The average Bonchev–Trinajstić information content (AvgIpc) is 2.86. The number of carboxylic acid groups (broad SMARTS) is 1. The molecule has 0 atom stereocenters. The lowest BCUT2D eigenvalue weighted by Crippen LogP contribution is -2.48. The Morgan fingerprint density at radius 3 is 2.29 bits per heavy atom. The lowest BCUT2D eigenvalue weighted by Gasteiger charge is -2.22. The Balaban J connectivity index is 0.00000220. The van der Waals surface area contributed by atoms with Crippen LogP contribution in [0.1, 0.15) is 31.2 Å². The van der Waals surface area contributed by atoms with Crippen LogP contribution in [0.3, 0.4) is 0 Å². The molecule has 2 rings (SSSR count). The van der Waals surface area contributed by atoms with E-state index in [0.29, 0.717) is 5.69 Å². The van der Waals surface area contributed by atoms with Crippen molar-refractivity contribution < 1.29 is 14.7 Å². The van der Waals surface area contributed by atoms with Crippen molar-refractivity contribution in [2.24, 2.45) is 5.73 Å². The number of amides is 1. The van der Waals surface area contributed by atoms with E-state index in [1.54, 1.807) is 24.3 Å². The molecule has 0 radical (unpaired) electrons. The molecule has 1 aliphatic carbocycles. The van der Waals surface area contributed by atoms with Crippen molar-refractivity contribution in [2.45, 2.75) is 31.2 Å². The van der Waals surface area contributed by atoms with Crippen LogP contribution in [0.5, 0.6) is 0 Å². The molecule has 4 N–H and O–H groups in total. The van der Waals surface area contributed by atoms with Gasteiger partial charge in [0.2, 0.25) is 5.91 Å². The topological polar surface area (TPSA) is 92.4 Å². The normalized spacial score (nSPS) is 16.4. The van der Waals surface area contributed by atoms with Crippen LogP contribution in [-0.2, 0) is 9.59 Å². The fraction of sp³-hybridized carbons (Fsp3) is 0.333. The molecule has 0 aliphatic heterocycles. The van der Waals surface area contributed by atoms with E-state index >= 15 is 0 Å². The molecule has 1 aliphatic rings. The summed E-state index contributed by atoms with van der Waals surface area (Å²) in [5.74, 6) is -1.14. The van der Waals surface area contributed by atoms with Gasteiger partial charge in [-0.05, 0) is 36.6 Å². The number of hydrogen-bond donors (Lipinski definition) is 3. The highest BCUT2D eigenvalue weighted by atomic mass is 35.5. The number of carbonyl (C=O) groups excluding carboxylic acids is 1. The molecule has 114 valence electrons. The summed E-state index contributed by atoms with van der Waals surface area (Å²) in [5, 5.41) is 11.4. The number of anilines is 1. The second-order valence-electron chi connectivity index (χ2n) is 5.11. The molecule has 6 heteroatoms. The number of nitrogens with two attached hydrogens (primary N) is 1. The van der Waals surface area contributed by atoms with Crippen molar-refractivity contribution in [3.63, 3.8) is 0 Å². The Hall–Kier alpha value is -1.85. The minimum absolute atomic E-state index is 0. The molecule has 0 unspecified atom stereocenters. The Bertz CT molecular complexity index is 534. The van der Waals surface area contributed by atoms with E-state index in [1.807, 2.05) is 0 Å². The van der Waals surface area contributed by atoms with Gasteiger partial charge in [0, 0.05) is 11.8 Å². The van der Waals surface area contributed by atoms with Crippen molar-refractivity contribution in [2.75, 3.05) is 5.32 Å². The smallest absolute Gasteiger partial charge is 0.328 e. The van der Waals surface area contributed by atoms with Crippen LogP contribution in [-0.4, -0.2) is 22.5 Å². The van der Waals surface area contributed by atoms with Crippen LogP contribution < -0.4 is 11.1 Å². The molecule has 0 aromatic heterocycles. The summed E-state index contributed by atoms with van der Waals surface area (Å²) in [4.78, 5) is 22.5. The average molecular weight is 311 g/mol. The van der Waals surface area contributed by atoms with E-state index in [4.69, 9.17) is 10.8 Å². The lowest BCUT2D eigenvalue weighted by molar-refractivity contribution is -0.131. The van der Waals surface area contributed by atoms with Gasteiger partial charge in [-0.25, -0.2) is 4.79 Å². The maximum Gasteiger partial charge on any atom is 0.328 e. The van der Waals surface area contributed by atoms with Crippen molar-refractivity contribution in [3.8, 4) is 0 Å². The summed E-state index contributed by atoms with van der Waals surface area (Å²) in [6.45, 7) is 0. The molecular formula is C15H19ClN2O3. The Kier molecular flexibility index (Phi) is 5.93. The number of carboxylic acids is 1. The molecule has 1 saturated carbocycles. The van der Waals surface area contributed by atoms with Gasteiger partial charge >= 0.3 is 5.97 Å². The summed E-state index contributed by atoms with van der Waals surface area (Å²) >= 11 is 0. The second kappa shape index (κ2) is 7.24. The van der Waals surface area contributed by atoms with Gasteiger partial charge in [0.25, 0.3) is 0 Å². The van der Waals surface area contributed by atoms with Crippen molar-refractivity contribution >= 4 is 36.0 Å². The quantitative estimate of drug-likeness (QED) is 0.745. The number of rotatable bonds is 4. The molecule has 21 heavy (non-hydrogen) atoms. The first-order valence-corrected chi connectivity index (χ1v) is 6.61. The fourth-order valence-corrected chi connectivity index (χ4v) is 2.33. The maximum absolute atomic E-state index is 12.1. The molecule has 1 fully saturated rings. The van der Waals surface area contributed by atoms with Crippen LogP contribution in [0.15, 0.2) is 30.3 Å². The van der Waals surface area contributed by atoms with Gasteiger partial charge in [0.05, 0.1) is 5.54 Å². The highest BCUT2D eigenvalue weighted by Gasteiger charge is 2.36. The standard InChI is InChI=1S/C15H18N2O3.ClH/c16-15(9-1-2-10-15)14(20)17-12-6-3-11(4-7-12)5-8-13(18)19;/h3-8H,1-2,9-10,16H2,(H,17,20)(H,18,19);1H. The summed E-state index contributed by atoms with van der Waals surface area (Å²) in [6, 6.07) is 6.95.